The second-order valence-electron chi connectivity index (χ2n) is 5.25. The summed E-state index contributed by atoms with van der Waals surface area (Å²) < 4.78 is 0. The van der Waals surface area contributed by atoms with E-state index in [2.05, 4.69) is 55.1 Å². The van der Waals surface area contributed by atoms with Crippen LogP contribution in [0.3, 0.4) is 0 Å². The van der Waals surface area contributed by atoms with Crippen LogP contribution in [0.15, 0.2) is 42.5 Å². The van der Waals surface area contributed by atoms with E-state index in [4.69, 9.17) is 16.6 Å². The van der Waals surface area contributed by atoms with Crippen LogP contribution in [-0.4, -0.2) is 11.0 Å². The van der Waals surface area contributed by atoms with Gasteiger partial charge in [-0.2, -0.15) is 0 Å². The first-order chi connectivity index (χ1) is 9.61. The molecule has 3 heteroatoms. The van der Waals surface area contributed by atoms with Crippen LogP contribution in [0.25, 0.3) is 0 Å². The molecule has 0 bridgehead atoms. The first kappa shape index (κ1) is 14.9. The summed E-state index contributed by atoms with van der Waals surface area (Å²) >= 11 is 5.90. The molecule has 0 aliphatic rings. The van der Waals surface area contributed by atoms with E-state index in [0.29, 0.717) is 11.9 Å². The fourth-order valence-electron chi connectivity index (χ4n) is 2.19. The molecule has 0 aliphatic heterocycles. The minimum atomic E-state index is 0.393. The number of aromatic nitrogens is 1. The maximum atomic E-state index is 5.90. The highest BCUT2D eigenvalue weighted by Gasteiger charge is 2.13. The van der Waals surface area contributed by atoms with Crippen molar-refractivity contribution in [2.45, 2.75) is 39.2 Å². The van der Waals surface area contributed by atoms with Crippen LogP contribution in [0.2, 0.25) is 0 Å². The predicted octanol–water partition coefficient (Wildman–Crippen LogP) is 4.54. The van der Waals surface area contributed by atoms with E-state index in [1.54, 1.807) is 0 Å². The van der Waals surface area contributed by atoms with E-state index >= 15 is 0 Å². The van der Waals surface area contributed by atoms with Crippen LogP contribution < -0.4 is 4.90 Å². The van der Waals surface area contributed by atoms with Crippen molar-refractivity contribution < 1.29 is 0 Å². The van der Waals surface area contributed by atoms with Crippen molar-refractivity contribution in [2.24, 2.45) is 0 Å². The van der Waals surface area contributed by atoms with Gasteiger partial charge in [0.25, 0.3) is 0 Å². The Balaban J connectivity index is 2.27. The number of benzene rings is 1. The molecule has 0 atom stereocenters. The molecule has 1 heterocycles. The zero-order chi connectivity index (χ0) is 14.5. The molecular formula is C17H21ClN2. The van der Waals surface area contributed by atoms with Gasteiger partial charge in [0, 0.05) is 24.2 Å². The first-order valence-electron chi connectivity index (χ1n) is 6.95. The molecule has 0 saturated carbocycles. The van der Waals surface area contributed by atoms with Crippen molar-refractivity contribution in [2.75, 3.05) is 4.90 Å². The standard InChI is InChI=1S/C17H21ClN2/c1-13(2)20(12-15-7-5-4-6-8-15)17-10-9-16(11-18)14(3)19-17/h4-10,13H,11-12H2,1-3H3. The lowest BCUT2D eigenvalue weighted by Gasteiger charge is -2.28. The van der Waals surface area contributed by atoms with Crippen molar-refractivity contribution in [3.05, 3.63) is 59.3 Å². The summed E-state index contributed by atoms with van der Waals surface area (Å²) in [5, 5.41) is 0. The summed E-state index contributed by atoms with van der Waals surface area (Å²) in [6, 6.07) is 15.0. The molecule has 106 valence electrons. The van der Waals surface area contributed by atoms with Crippen molar-refractivity contribution in [1.82, 2.24) is 4.98 Å². The fourth-order valence-corrected chi connectivity index (χ4v) is 2.47. The number of aryl methyl sites for hydroxylation is 1. The summed E-state index contributed by atoms with van der Waals surface area (Å²) in [6.45, 7) is 7.26. The van der Waals surface area contributed by atoms with Gasteiger partial charge in [-0.05, 0) is 38.0 Å². The van der Waals surface area contributed by atoms with Crippen LogP contribution in [0.1, 0.15) is 30.7 Å². The maximum Gasteiger partial charge on any atom is 0.129 e. The number of alkyl halides is 1. The fraction of sp³-hybridized carbons (Fsp3) is 0.353. The normalized spacial score (nSPS) is 10.8. The van der Waals surface area contributed by atoms with Crippen molar-refractivity contribution in [3.63, 3.8) is 0 Å². The van der Waals surface area contributed by atoms with Crippen LogP contribution >= 0.6 is 11.6 Å². The monoisotopic (exact) mass is 288 g/mol. The number of halogens is 1. The summed E-state index contributed by atoms with van der Waals surface area (Å²) in [5.74, 6) is 1.52. The van der Waals surface area contributed by atoms with Gasteiger partial charge in [-0.15, -0.1) is 11.6 Å². The van der Waals surface area contributed by atoms with Crippen molar-refractivity contribution in [1.29, 1.82) is 0 Å². The van der Waals surface area contributed by atoms with Gasteiger partial charge in [-0.3, -0.25) is 0 Å². The average molecular weight is 289 g/mol. The first-order valence-corrected chi connectivity index (χ1v) is 7.48. The van der Waals surface area contributed by atoms with Gasteiger partial charge in [-0.25, -0.2) is 4.98 Å². The molecule has 0 amide bonds. The van der Waals surface area contributed by atoms with Gasteiger partial charge in [-0.1, -0.05) is 36.4 Å². The molecular weight excluding hydrogens is 268 g/mol. The van der Waals surface area contributed by atoms with E-state index in [0.717, 1.165) is 23.6 Å². The second-order valence-corrected chi connectivity index (χ2v) is 5.52. The molecule has 0 N–H and O–H groups in total. The van der Waals surface area contributed by atoms with Gasteiger partial charge in [0.2, 0.25) is 0 Å². The van der Waals surface area contributed by atoms with Gasteiger partial charge >= 0.3 is 0 Å². The Morgan fingerprint density at radius 1 is 1.10 bits per heavy atom. The zero-order valence-corrected chi connectivity index (χ0v) is 13.1. The lowest BCUT2D eigenvalue weighted by atomic mass is 10.1. The maximum absolute atomic E-state index is 5.90. The quantitative estimate of drug-likeness (QED) is 0.751. The number of hydrogen-bond donors (Lipinski definition) is 0. The van der Waals surface area contributed by atoms with Crippen molar-refractivity contribution in [3.8, 4) is 0 Å². The van der Waals surface area contributed by atoms with E-state index in [1.165, 1.54) is 5.56 Å². The molecule has 0 spiro atoms. The Kier molecular flexibility index (Phi) is 5.02. The molecule has 2 rings (SSSR count). The Labute approximate surface area is 126 Å². The lowest BCUT2D eigenvalue weighted by Crippen LogP contribution is -2.31. The molecule has 1 aromatic heterocycles. The summed E-state index contributed by atoms with van der Waals surface area (Å²) in [6.07, 6.45) is 0. The SMILES string of the molecule is Cc1nc(N(Cc2ccccc2)C(C)C)ccc1CCl. The molecule has 2 nitrogen and oxygen atoms in total. The second kappa shape index (κ2) is 6.76. The van der Waals surface area contributed by atoms with Crippen LogP contribution in [-0.2, 0) is 12.4 Å². The minimum Gasteiger partial charge on any atom is -0.350 e. The molecule has 1 aromatic carbocycles. The molecule has 0 radical (unpaired) electrons. The molecule has 2 aromatic rings. The molecule has 20 heavy (non-hydrogen) atoms. The van der Waals surface area contributed by atoms with Gasteiger partial charge in [0.05, 0.1) is 0 Å². The van der Waals surface area contributed by atoms with Crippen LogP contribution in [0.4, 0.5) is 5.82 Å². The summed E-state index contributed by atoms with van der Waals surface area (Å²) in [5.41, 5.74) is 3.40. The average Bonchev–Trinajstić information content (AvgIpc) is 2.45. The Bertz CT molecular complexity index is 552. The van der Waals surface area contributed by atoms with Crippen molar-refractivity contribution >= 4 is 17.4 Å². The van der Waals surface area contributed by atoms with Crippen LogP contribution in [0, 0.1) is 6.92 Å². The number of nitrogens with zero attached hydrogens (tertiary/aromatic N) is 2. The van der Waals surface area contributed by atoms with Gasteiger partial charge in [0.1, 0.15) is 5.82 Å². The lowest BCUT2D eigenvalue weighted by molar-refractivity contribution is 0.671. The number of hydrogen-bond acceptors (Lipinski definition) is 2. The molecule has 0 aliphatic carbocycles. The number of pyridine rings is 1. The number of anilines is 1. The summed E-state index contributed by atoms with van der Waals surface area (Å²) in [4.78, 5) is 7.01. The Hall–Kier alpha value is -1.54. The minimum absolute atomic E-state index is 0.393. The highest BCUT2D eigenvalue weighted by molar-refractivity contribution is 6.17. The van der Waals surface area contributed by atoms with Gasteiger partial charge < -0.3 is 4.90 Å². The summed E-state index contributed by atoms with van der Waals surface area (Å²) in [7, 11) is 0. The topological polar surface area (TPSA) is 16.1 Å². The Morgan fingerprint density at radius 3 is 2.35 bits per heavy atom. The molecule has 0 fully saturated rings. The van der Waals surface area contributed by atoms with E-state index in [1.807, 2.05) is 13.0 Å². The molecule has 0 saturated heterocycles. The largest absolute Gasteiger partial charge is 0.350 e. The third kappa shape index (κ3) is 3.51. The van der Waals surface area contributed by atoms with E-state index < -0.39 is 0 Å². The smallest absolute Gasteiger partial charge is 0.129 e. The third-order valence-electron chi connectivity index (χ3n) is 3.44. The predicted molar refractivity (Wildman–Crippen MR) is 86.3 cm³/mol. The van der Waals surface area contributed by atoms with E-state index in [-0.39, 0.29) is 0 Å². The third-order valence-corrected chi connectivity index (χ3v) is 3.73. The zero-order valence-electron chi connectivity index (χ0n) is 12.3. The highest BCUT2D eigenvalue weighted by atomic mass is 35.5. The highest BCUT2D eigenvalue weighted by Crippen LogP contribution is 2.20. The molecule has 0 unspecified atom stereocenters. The van der Waals surface area contributed by atoms with Crippen LogP contribution in [0.5, 0.6) is 0 Å². The van der Waals surface area contributed by atoms with E-state index in [9.17, 15) is 0 Å². The van der Waals surface area contributed by atoms with Gasteiger partial charge in [0.15, 0.2) is 0 Å². The number of rotatable bonds is 5. The Morgan fingerprint density at radius 2 is 1.80 bits per heavy atom.